The van der Waals surface area contributed by atoms with Crippen LogP contribution < -0.4 is 10.6 Å². The maximum atomic E-state index is 13.1. The second kappa shape index (κ2) is 5.62. The van der Waals surface area contributed by atoms with Gasteiger partial charge in [0.15, 0.2) is 0 Å². The Labute approximate surface area is 123 Å². The molecule has 1 heterocycles. The van der Waals surface area contributed by atoms with Gasteiger partial charge in [-0.2, -0.15) is 0 Å². The van der Waals surface area contributed by atoms with Crippen LogP contribution in [0.4, 0.5) is 20.2 Å². The van der Waals surface area contributed by atoms with E-state index in [0.717, 1.165) is 30.8 Å². The number of carbonyl (C=O) groups excluding carboxylic acids is 1. The molecule has 1 fully saturated rings. The van der Waals surface area contributed by atoms with Crippen molar-refractivity contribution in [3.63, 3.8) is 0 Å². The smallest absolute Gasteiger partial charge is 0.248 e. The first-order chi connectivity index (χ1) is 10.0. The highest BCUT2D eigenvalue weighted by Gasteiger charge is 2.37. The molecule has 2 N–H and O–H groups in total. The van der Waals surface area contributed by atoms with Crippen LogP contribution in [0.2, 0.25) is 0 Å². The van der Waals surface area contributed by atoms with E-state index in [1.54, 1.807) is 0 Å². The van der Waals surface area contributed by atoms with Crippen molar-refractivity contribution in [2.24, 2.45) is 5.92 Å². The van der Waals surface area contributed by atoms with E-state index >= 15 is 0 Å². The molecule has 0 radical (unpaired) electrons. The Morgan fingerprint density at radius 2 is 2.05 bits per heavy atom. The van der Waals surface area contributed by atoms with Crippen LogP contribution in [0.3, 0.4) is 0 Å². The molecule has 1 aliphatic heterocycles. The number of alkyl halides is 2. The van der Waals surface area contributed by atoms with Gasteiger partial charge in [-0.05, 0) is 43.4 Å². The van der Waals surface area contributed by atoms with E-state index in [9.17, 15) is 13.6 Å². The molecule has 0 atom stereocenters. The van der Waals surface area contributed by atoms with E-state index in [1.165, 1.54) is 5.56 Å². The van der Waals surface area contributed by atoms with Gasteiger partial charge in [-0.1, -0.05) is 6.07 Å². The van der Waals surface area contributed by atoms with Gasteiger partial charge in [0.05, 0.1) is 0 Å². The van der Waals surface area contributed by atoms with Crippen LogP contribution in [-0.2, 0) is 11.2 Å². The minimum Gasteiger partial charge on any atom is -0.385 e. The van der Waals surface area contributed by atoms with Gasteiger partial charge >= 0.3 is 0 Å². The lowest BCUT2D eigenvalue weighted by Gasteiger charge is -2.27. The van der Waals surface area contributed by atoms with Crippen molar-refractivity contribution in [2.45, 2.75) is 44.4 Å². The Bertz CT molecular complexity index is 535. The summed E-state index contributed by atoms with van der Waals surface area (Å²) in [5.41, 5.74) is 3.07. The molecular weight excluding hydrogens is 274 g/mol. The number of aryl methyl sites for hydroxylation is 1. The van der Waals surface area contributed by atoms with E-state index in [-0.39, 0.29) is 37.5 Å². The predicted molar refractivity (Wildman–Crippen MR) is 78.8 cm³/mol. The summed E-state index contributed by atoms with van der Waals surface area (Å²) in [6.45, 7) is 0.947. The normalized spacial score (nSPS) is 21.2. The van der Waals surface area contributed by atoms with Crippen LogP contribution in [0.15, 0.2) is 18.2 Å². The Hall–Kier alpha value is -1.65. The van der Waals surface area contributed by atoms with E-state index in [1.807, 2.05) is 18.2 Å². The molecule has 2 aliphatic rings. The standard InChI is InChI=1S/C16H20F2N2O/c17-16(18)7-5-12(6-8-16)15(21)20-13-4-3-11-2-1-9-19-14(11)10-13/h3-4,10,12,19H,1-2,5-9H2,(H,20,21). The lowest BCUT2D eigenvalue weighted by molar-refractivity contribution is -0.124. The van der Waals surface area contributed by atoms with Gasteiger partial charge in [0, 0.05) is 36.7 Å². The first-order valence-electron chi connectivity index (χ1n) is 7.59. The molecule has 3 rings (SSSR count). The zero-order chi connectivity index (χ0) is 14.9. The maximum Gasteiger partial charge on any atom is 0.248 e. The third-order valence-electron chi connectivity index (χ3n) is 4.40. The van der Waals surface area contributed by atoms with Crippen LogP contribution in [0.25, 0.3) is 0 Å². The number of hydrogen-bond acceptors (Lipinski definition) is 2. The van der Waals surface area contributed by atoms with Gasteiger partial charge in [-0.3, -0.25) is 4.79 Å². The largest absolute Gasteiger partial charge is 0.385 e. The number of nitrogens with one attached hydrogen (secondary N) is 2. The van der Waals surface area contributed by atoms with E-state index in [4.69, 9.17) is 0 Å². The molecule has 3 nitrogen and oxygen atoms in total. The molecule has 0 aromatic heterocycles. The van der Waals surface area contributed by atoms with Gasteiger partial charge in [0.1, 0.15) is 0 Å². The first-order valence-corrected chi connectivity index (χ1v) is 7.59. The minimum absolute atomic E-state index is 0.138. The molecule has 5 heteroatoms. The molecule has 1 aliphatic carbocycles. The average Bonchev–Trinajstić information content (AvgIpc) is 2.47. The number of benzene rings is 1. The van der Waals surface area contributed by atoms with E-state index < -0.39 is 5.92 Å². The fraction of sp³-hybridized carbons (Fsp3) is 0.562. The fourth-order valence-electron chi connectivity index (χ4n) is 3.09. The summed E-state index contributed by atoms with van der Waals surface area (Å²) in [6, 6.07) is 5.84. The molecule has 21 heavy (non-hydrogen) atoms. The van der Waals surface area contributed by atoms with Gasteiger partial charge < -0.3 is 10.6 Å². The van der Waals surface area contributed by atoms with Crippen LogP contribution in [0.5, 0.6) is 0 Å². The Morgan fingerprint density at radius 3 is 2.81 bits per heavy atom. The zero-order valence-corrected chi connectivity index (χ0v) is 11.9. The van der Waals surface area contributed by atoms with Crippen molar-refractivity contribution >= 4 is 17.3 Å². The highest BCUT2D eigenvalue weighted by atomic mass is 19.3. The summed E-state index contributed by atoms with van der Waals surface area (Å²) in [5.74, 6) is -3.03. The van der Waals surface area contributed by atoms with Gasteiger partial charge in [0.25, 0.3) is 0 Å². The van der Waals surface area contributed by atoms with Crippen LogP contribution >= 0.6 is 0 Å². The van der Waals surface area contributed by atoms with E-state index in [2.05, 4.69) is 10.6 Å². The minimum atomic E-state index is -2.59. The number of halogens is 2. The van der Waals surface area contributed by atoms with Crippen molar-refractivity contribution < 1.29 is 13.6 Å². The lowest BCUT2D eigenvalue weighted by Crippen LogP contribution is -2.31. The Kier molecular flexibility index (Phi) is 3.83. The number of anilines is 2. The van der Waals surface area contributed by atoms with Crippen molar-refractivity contribution in [3.05, 3.63) is 23.8 Å². The Morgan fingerprint density at radius 1 is 1.29 bits per heavy atom. The van der Waals surface area contributed by atoms with Crippen LogP contribution in [0, 0.1) is 5.92 Å². The predicted octanol–water partition coefficient (Wildman–Crippen LogP) is 3.81. The first kappa shape index (κ1) is 14.3. The van der Waals surface area contributed by atoms with Crippen molar-refractivity contribution in [1.29, 1.82) is 0 Å². The van der Waals surface area contributed by atoms with Crippen molar-refractivity contribution in [3.8, 4) is 0 Å². The third-order valence-corrected chi connectivity index (χ3v) is 4.40. The van der Waals surface area contributed by atoms with Gasteiger partial charge in [0.2, 0.25) is 11.8 Å². The molecule has 114 valence electrons. The molecule has 1 saturated carbocycles. The second-order valence-electron chi connectivity index (χ2n) is 6.02. The highest BCUT2D eigenvalue weighted by Crippen LogP contribution is 2.36. The summed E-state index contributed by atoms with van der Waals surface area (Å²) in [6.07, 6.45) is 2.33. The van der Waals surface area contributed by atoms with Gasteiger partial charge in [-0.15, -0.1) is 0 Å². The number of hydrogen-bond donors (Lipinski definition) is 2. The quantitative estimate of drug-likeness (QED) is 0.871. The summed E-state index contributed by atoms with van der Waals surface area (Å²) in [5, 5.41) is 6.18. The maximum absolute atomic E-state index is 13.1. The molecule has 1 aromatic rings. The number of amides is 1. The molecule has 0 saturated heterocycles. The summed E-state index contributed by atoms with van der Waals surface area (Å²) in [7, 11) is 0. The summed E-state index contributed by atoms with van der Waals surface area (Å²) >= 11 is 0. The second-order valence-corrected chi connectivity index (χ2v) is 6.02. The molecule has 1 amide bonds. The van der Waals surface area contributed by atoms with Crippen LogP contribution in [-0.4, -0.2) is 18.4 Å². The molecule has 0 unspecified atom stereocenters. The lowest BCUT2D eigenvalue weighted by atomic mass is 9.86. The summed E-state index contributed by atoms with van der Waals surface area (Å²) in [4.78, 5) is 12.2. The highest BCUT2D eigenvalue weighted by molar-refractivity contribution is 5.93. The monoisotopic (exact) mass is 294 g/mol. The van der Waals surface area contributed by atoms with Gasteiger partial charge in [-0.25, -0.2) is 8.78 Å². The topological polar surface area (TPSA) is 41.1 Å². The third kappa shape index (κ3) is 3.34. The SMILES string of the molecule is O=C(Nc1ccc2c(c1)NCCC2)C1CCC(F)(F)CC1. The van der Waals surface area contributed by atoms with E-state index in [0.29, 0.717) is 0 Å². The number of rotatable bonds is 2. The number of carbonyl (C=O) groups is 1. The number of fused-ring (bicyclic) bond motifs is 1. The molecule has 0 spiro atoms. The summed E-state index contributed by atoms with van der Waals surface area (Å²) < 4.78 is 26.2. The average molecular weight is 294 g/mol. The van der Waals surface area contributed by atoms with Crippen molar-refractivity contribution in [1.82, 2.24) is 0 Å². The van der Waals surface area contributed by atoms with Crippen molar-refractivity contribution in [2.75, 3.05) is 17.2 Å². The van der Waals surface area contributed by atoms with Crippen LogP contribution in [0.1, 0.15) is 37.7 Å². The Balaban J connectivity index is 1.62. The zero-order valence-electron chi connectivity index (χ0n) is 11.9. The molecule has 0 bridgehead atoms. The molecular formula is C16H20F2N2O. The molecule has 1 aromatic carbocycles. The fourth-order valence-corrected chi connectivity index (χ4v) is 3.09.